The van der Waals surface area contributed by atoms with Crippen molar-refractivity contribution in [3.8, 4) is 0 Å². The van der Waals surface area contributed by atoms with Gasteiger partial charge in [0.1, 0.15) is 12.4 Å². The van der Waals surface area contributed by atoms with Crippen LogP contribution in [0.4, 0.5) is 25.4 Å². The van der Waals surface area contributed by atoms with E-state index in [9.17, 15) is 14.0 Å². The average molecular weight is 361 g/mol. The molecule has 7 nitrogen and oxygen atoms in total. The molecule has 2 aromatic rings. The van der Waals surface area contributed by atoms with Crippen molar-refractivity contribution in [1.82, 2.24) is 5.32 Å². The SMILES string of the molecule is COCCOC(=O)Nc1cccc(NC(=O)NCc2ccccc2F)c1. The molecule has 3 amide bonds. The van der Waals surface area contributed by atoms with E-state index in [2.05, 4.69) is 16.0 Å². The van der Waals surface area contributed by atoms with E-state index < -0.39 is 12.1 Å². The number of anilines is 2. The minimum absolute atomic E-state index is 0.0578. The zero-order valence-corrected chi connectivity index (χ0v) is 14.3. The smallest absolute Gasteiger partial charge is 0.411 e. The fourth-order valence-corrected chi connectivity index (χ4v) is 2.04. The number of carbonyl (C=O) groups excluding carboxylic acids is 2. The van der Waals surface area contributed by atoms with Gasteiger partial charge in [-0.2, -0.15) is 0 Å². The van der Waals surface area contributed by atoms with Gasteiger partial charge < -0.3 is 20.1 Å². The lowest BCUT2D eigenvalue weighted by Gasteiger charge is -2.10. The molecule has 0 saturated carbocycles. The molecule has 2 rings (SSSR count). The van der Waals surface area contributed by atoms with E-state index in [1.165, 1.54) is 13.2 Å². The van der Waals surface area contributed by atoms with Gasteiger partial charge in [-0.05, 0) is 24.3 Å². The van der Waals surface area contributed by atoms with Gasteiger partial charge in [0.25, 0.3) is 0 Å². The van der Waals surface area contributed by atoms with Crippen LogP contribution in [0.15, 0.2) is 48.5 Å². The predicted octanol–water partition coefficient (Wildman–Crippen LogP) is 3.34. The first-order valence-corrected chi connectivity index (χ1v) is 7.89. The fraction of sp³-hybridized carbons (Fsp3) is 0.222. The van der Waals surface area contributed by atoms with Crippen LogP contribution in [0.25, 0.3) is 0 Å². The van der Waals surface area contributed by atoms with Gasteiger partial charge in [0.05, 0.1) is 6.61 Å². The first-order valence-electron chi connectivity index (χ1n) is 7.89. The molecule has 0 atom stereocenters. The van der Waals surface area contributed by atoms with E-state index in [-0.39, 0.29) is 19.0 Å². The van der Waals surface area contributed by atoms with Crippen LogP contribution in [-0.2, 0) is 16.0 Å². The Hall–Kier alpha value is -3.13. The summed E-state index contributed by atoms with van der Waals surface area (Å²) in [5.41, 5.74) is 1.31. The van der Waals surface area contributed by atoms with E-state index in [4.69, 9.17) is 9.47 Å². The topological polar surface area (TPSA) is 88.7 Å². The molecule has 0 fully saturated rings. The zero-order chi connectivity index (χ0) is 18.8. The summed E-state index contributed by atoms with van der Waals surface area (Å²) in [6, 6.07) is 12.2. The lowest BCUT2D eigenvalue weighted by atomic mass is 10.2. The number of benzene rings is 2. The molecule has 0 radical (unpaired) electrons. The number of rotatable bonds is 7. The van der Waals surface area contributed by atoms with Crippen molar-refractivity contribution in [2.75, 3.05) is 31.0 Å². The minimum atomic E-state index is -0.622. The summed E-state index contributed by atoms with van der Waals surface area (Å²) >= 11 is 0. The molecular formula is C18H20FN3O4. The summed E-state index contributed by atoms with van der Waals surface area (Å²) < 4.78 is 23.2. The van der Waals surface area contributed by atoms with Crippen molar-refractivity contribution in [3.63, 3.8) is 0 Å². The number of methoxy groups -OCH3 is 1. The van der Waals surface area contributed by atoms with Gasteiger partial charge in [0, 0.05) is 30.6 Å². The van der Waals surface area contributed by atoms with Crippen LogP contribution in [0.5, 0.6) is 0 Å². The standard InChI is InChI=1S/C18H20FN3O4/c1-25-9-10-26-18(24)22-15-7-4-6-14(11-15)21-17(23)20-12-13-5-2-3-8-16(13)19/h2-8,11H,9-10,12H2,1H3,(H,22,24)(H2,20,21,23). The Balaban J connectivity index is 1.84. The highest BCUT2D eigenvalue weighted by Crippen LogP contribution is 2.15. The number of carbonyl (C=O) groups is 2. The quantitative estimate of drug-likeness (QED) is 0.660. The van der Waals surface area contributed by atoms with Crippen LogP contribution in [0.2, 0.25) is 0 Å². The van der Waals surface area contributed by atoms with Crippen LogP contribution in [0, 0.1) is 5.82 Å². The molecule has 0 spiro atoms. The highest BCUT2D eigenvalue weighted by Gasteiger charge is 2.07. The molecule has 0 aliphatic carbocycles. The second-order valence-electron chi connectivity index (χ2n) is 5.23. The van der Waals surface area contributed by atoms with Gasteiger partial charge in [-0.15, -0.1) is 0 Å². The number of hydrogen-bond acceptors (Lipinski definition) is 4. The Bertz CT molecular complexity index is 755. The molecule has 3 N–H and O–H groups in total. The molecule has 0 aliphatic rings. The molecule has 26 heavy (non-hydrogen) atoms. The molecule has 0 bridgehead atoms. The van der Waals surface area contributed by atoms with Crippen LogP contribution >= 0.6 is 0 Å². The van der Waals surface area contributed by atoms with Crippen molar-refractivity contribution < 1.29 is 23.5 Å². The van der Waals surface area contributed by atoms with Crippen LogP contribution in [0.3, 0.4) is 0 Å². The van der Waals surface area contributed by atoms with Crippen molar-refractivity contribution in [3.05, 3.63) is 59.9 Å². The Morgan fingerprint density at radius 2 is 1.73 bits per heavy atom. The van der Waals surface area contributed by atoms with Gasteiger partial charge in [-0.25, -0.2) is 14.0 Å². The van der Waals surface area contributed by atoms with Crippen molar-refractivity contribution in [2.24, 2.45) is 0 Å². The number of halogens is 1. The van der Waals surface area contributed by atoms with Crippen molar-refractivity contribution in [1.29, 1.82) is 0 Å². The number of amides is 3. The third-order valence-electron chi connectivity index (χ3n) is 3.28. The van der Waals surface area contributed by atoms with Crippen LogP contribution < -0.4 is 16.0 Å². The Morgan fingerprint density at radius 1 is 1.00 bits per heavy atom. The first-order chi connectivity index (χ1) is 12.6. The Labute approximate surface area is 150 Å². The molecule has 0 aromatic heterocycles. The zero-order valence-electron chi connectivity index (χ0n) is 14.3. The van der Waals surface area contributed by atoms with E-state index in [0.717, 1.165) is 0 Å². The predicted molar refractivity (Wildman–Crippen MR) is 95.5 cm³/mol. The van der Waals surface area contributed by atoms with Gasteiger partial charge in [-0.1, -0.05) is 24.3 Å². The second-order valence-corrected chi connectivity index (χ2v) is 5.23. The van der Waals surface area contributed by atoms with E-state index in [1.807, 2.05) is 0 Å². The van der Waals surface area contributed by atoms with E-state index in [1.54, 1.807) is 42.5 Å². The third kappa shape index (κ3) is 6.40. The summed E-state index contributed by atoms with van der Waals surface area (Å²) in [7, 11) is 1.51. The Morgan fingerprint density at radius 3 is 2.46 bits per heavy atom. The molecule has 8 heteroatoms. The summed E-state index contributed by atoms with van der Waals surface area (Å²) in [6.45, 7) is 0.498. The summed E-state index contributed by atoms with van der Waals surface area (Å²) in [4.78, 5) is 23.5. The summed E-state index contributed by atoms with van der Waals surface area (Å²) in [6.07, 6.45) is -0.622. The van der Waals surface area contributed by atoms with Gasteiger partial charge in [0.15, 0.2) is 0 Å². The number of urea groups is 1. The minimum Gasteiger partial charge on any atom is -0.447 e. The maximum atomic E-state index is 13.5. The third-order valence-corrected chi connectivity index (χ3v) is 3.28. The fourth-order valence-electron chi connectivity index (χ4n) is 2.04. The van der Waals surface area contributed by atoms with Gasteiger partial charge >= 0.3 is 12.1 Å². The van der Waals surface area contributed by atoms with E-state index in [0.29, 0.717) is 23.5 Å². The van der Waals surface area contributed by atoms with E-state index >= 15 is 0 Å². The highest BCUT2D eigenvalue weighted by atomic mass is 19.1. The molecule has 138 valence electrons. The second kappa shape index (κ2) is 10.00. The molecule has 0 aliphatic heterocycles. The molecule has 0 unspecified atom stereocenters. The molecule has 0 heterocycles. The molecule has 0 saturated heterocycles. The summed E-state index contributed by atoms with van der Waals surface area (Å²) in [5, 5.41) is 7.72. The van der Waals surface area contributed by atoms with Crippen molar-refractivity contribution >= 4 is 23.5 Å². The van der Waals surface area contributed by atoms with Crippen LogP contribution in [0.1, 0.15) is 5.56 Å². The van der Waals surface area contributed by atoms with Gasteiger partial charge in [-0.3, -0.25) is 5.32 Å². The largest absolute Gasteiger partial charge is 0.447 e. The lowest BCUT2D eigenvalue weighted by molar-refractivity contribution is 0.107. The first kappa shape index (κ1) is 19.2. The average Bonchev–Trinajstić information content (AvgIpc) is 2.61. The maximum Gasteiger partial charge on any atom is 0.411 e. The number of nitrogens with one attached hydrogen (secondary N) is 3. The van der Waals surface area contributed by atoms with Crippen LogP contribution in [-0.4, -0.2) is 32.4 Å². The highest BCUT2D eigenvalue weighted by molar-refractivity contribution is 5.91. The number of ether oxygens (including phenoxy) is 2. The normalized spacial score (nSPS) is 10.1. The van der Waals surface area contributed by atoms with Gasteiger partial charge in [0.2, 0.25) is 0 Å². The Kier molecular flexibility index (Phi) is 7.38. The maximum absolute atomic E-state index is 13.5. The molecule has 2 aromatic carbocycles. The molecular weight excluding hydrogens is 341 g/mol. The monoisotopic (exact) mass is 361 g/mol. The lowest BCUT2D eigenvalue weighted by Crippen LogP contribution is -2.28. The summed E-state index contributed by atoms with van der Waals surface area (Å²) in [5.74, 6) is -0.383. The van der Waals surface area contributed by atoms with Crippen molar-refractivity contribution in [2.45, 2.75) is 6.54 Å². The number of hydrogen-bond donors (Lipinski definition) is 3.